The first-order chi connectivity index (χ1) is 14.8. The molecule has 1 N–H and O–H groups in total. The van der Waals surface area contributed by atoms with E-state index in [1.165, 1.54) is 22.9 Å². The number of nitrogens with one attached hydrogen (secondary N) is 1. The molecule has 6 nitrogen and oxygen atoms in total. The molecule has 1 atom stereocenters. The number of anilines is 1. The smallest absolute Gasteiger partial charge is 0.234 e. The van der Waals surface area contributed by atoms with Gasteiger partial charge in [0.25, 0.3) is 0 Å². The number of nitrogens with zero attached hydrogens (tertiary/aromatic N) is 3. The van der Waals surface area contributed by atoms with Crippen LogP contribution in [0.5, 0.6) is 5.75 Å². The van der Waals surface area contributed by atoms with Gasteiger partial charge in [0.1, 0.15) is 5.75 Å². The Bertz CT molecular complexity index is 1070. The summed E-state index contributed by atoms with van der Waals surface area (Å²) < 4.78 is 8.04. The second-order valence-corrected chi connectivity index (χ2v) is 8.90. The molecule has 0 aliphatic rings. The molecule has 9 heteroatoms. The highest BCUT2D eigenvalue weighted by Gasteiger charge is 2.19. The summed E-state index contributed by atoms with van der Waals surface area (Å²) >= 11 is 13.3. The number of ether oxygens (including phenoxy) is 1. The van der Waals surface area contributed by atoms with E-state index in [2.05, 4.69) is 29.4 Å². The van der Waals surface area contributed by atoms with Gasteiger partial charge >= 0.3 is 0 Å². The van der Waals surface area contributed by atoms with Crippen molar-refractivity contribution in [2.45, 2.75) is 45.5 Å². The number of carbonyl (C=O) groups is 1. The summed E-state index contributed by atoms with van der Waals surface area (Å²) in [5.74, 6) is 1.49. The number of benzene rings is 2. The van der Waals surface area contributed by atoms with Gasteiger partial charge < -0.3 is 14.6 Å². The molecule has 3 aromatic rings. The Morgan fingerprint density at radius 2 is 1.84 bits per heavy atom. The normalized spacial score (nSPS) is 11.9. The molecule has 1 heterocycles. The molecule has 0 spiro atoms. The molecule has 3 rings (SSSR count). The lowest BCUT2D eigenvalue weighted by atomic mass is 10.1. The maximum absolute atomic E-state index is 12.3. The fourth-order valence-electron chi connectivity index (χ4n) is 3.00. The van der Waals surface area contributed by atoms with Crippen LogP contribution in [0.25, 0.3) is 0 Å². The van der Waals surface area contributed by atoms with Crippen molar-refractivity contribution < 1.29 is 9.53 Å². The van der Waals surface area contributed by atoms with Crippen molar-refractivity contribution in [1.82, 2.24) is 14.8 Å². The number of aromatic nitrogens is 3. The topological polar surface area (TPSA) is 69.0 Å². The molecule has 0 fully saturated rings. The number of carbonyl (C=O) groups excluding carboxylic acids is 1. The summed E-state index contributed by atoms with van der Waals surface area (Å²) in [6, 6.07) is 10.9. The first kappa shape index (κ1) is 23.4. The molecule has 0 aliphatic carbocycles. The molecule has 0 aliphatic heterocycles. The van der Waals surface area contributed by atoms with Crippen molar-refractivity contribution in [3.05, 3.63) is 63.4 Å². The zero-order valence-corrected chi connectivity index (χ0v) is 20.1. The van der Waals surface area contributed by atoms with Crippen molar-refractivity contribution >= 4 is 46.6 Å². The number of aryl methyl sites for hydroxylation is 2. The minimum Gasteiger partial charge on any atom is -0.483 e. The molecule has 0 saturated carbocycles. The molecular weight excluding hydrogens is 455 g/mol. The minimum atomic E-state index is -0.286. The third kappa shape index (κ3) is 6.15. The van der Waals surface area contributed by atoms with Crippen LogP contribution in [0.3, 0.4) is 0 Å². The predicted molar refractivity (Wildman–Crippen MR) is 126 cm³/mol. The van der Waals surface area contributed by atoms with Crippen molar-refractivity contribution in [2.24, 2.45) is 0 Å². The van der Waals surface area contributed by atoms with Gasteiger partial charge in [-0.25, -0.2) is 0 Å². The average molecular weight is 479 g/mol. The highest BCUT2D eigenvalue weighted by Crippen LogP contribution is 2.26. The van der Waals surface area contributed by atoms with Crippen LogP contribution in [-0.2, 0) is 11.3 Å². The Kier molecular flexibility index (Phi) is 7.86. The van der Waals surface area contributed by atoms with Crippen LogP contribution in [0.1, 0.15) is 36.9 Å². The van der Waals surface area contributed by atoms with E-state index in [9.17, 15) is 4.79 Å². The second kappa shape index (κ2) is 10.4. The molecule has 0 saturated heterocycles. The number of hydrogen-bond donors (Lipinski definition) is 1. The molecule has 31 heavy (non-hydrogen) atoms. The average Bonchev–Trinajstić information content (AvgIpc) is 3.11. The van der Waals surface area contributed by atoms with E-state index in [0.29, 0.717) is 33.3 Å². The van der Waals surface area contributed by atoms with E-state index in [4.69, 9.17) is 27.9 Å². The van der Waals surface area contributed by atoms with Gasteiger partial charge in [-0.1, -0.05) is 41.0 Å². The number of amides is 1. The van der Waals surface area contributed by atoms with Crippen LogP contribution in [0.15, 0.2) is 41.6 Å². The van der Waals surface area contributed by atoms with E-state index < -0.39 is 0 Å². The quantitative estimate of drug-likeness (QED) is 0.396. The maximum Gasteiger partial charge on any atom is 0.234 e. The summed E-state index contributed by atoms with van der Waals surface area (Å²) in [5.41, 5.74) is 2.94. The Hall–Kier alpha value is -2.22. The van der Waals surface area contributed by atoms with Gasteiger partial charge in [-0.3, -0.25) is 4.79 Å². The third-order valence-corrected chi connectivity index (χ3v) is 6.10. The summed E-state index contributed by atoms with van der Waals surface area (Å²) in [6.45, 7) is 8.73. The second-order valence-electron chi connectivity index (χ2n) is 7.09. The van der Waals surface area contributed by atoms with Gasteiger partial charge in [-0.15, -0.1) is 10.2 Å². The van der Waals surface area contributed by atoms with Crippen molar-refractivity contribution in [3.8, 4) is 5.75 Å². The van der Waals surface area contributed by atoms with E-state index in [1.807, 2.05) is 36.6 Å². The van der Waals surface area contributed by atoms with Gasteiger partial charge in [0.2, 0.25) is 5.91 Å². The summed E-state index contributed by atoms with van der Waals surface area (Å²) in [6.07, 6.45) is -0.286. The monoisotopic (exact) mass is 478 g/mol. The van der Waals surface area contributed by atoms with Crippen LogP contribution in [0, 0.1) is 13.8 Å². The predicted octanol–water partition coefficient (Wildman–Crippen LogP) is 6.09. The van der Waals surface area contributed by atoms with Crippen LogP contribution >= 0.6 is 35.0 Å². The zero-order chi connectivity index (χ0) is 22.5. The Balaban J connectivity index is 1.64. The number of rotatable bonds is 8. The van der Waals surface area contributed by atoms with Crippen molar-refractivity contribution in [3.63, 3.8) is 0 Å². The van der Waals surface area contributed by atoms with Crippen molar-refractivity contribution in [2.75, 3.05) is 11.1 Å². The lowest BCUT2D eigenvalue weighted by molar-refractivity contribution is -0.113. The van der Waals surface area contributed by atoms with Crippen LogP contribution < -0.4 is 10.1 Å². The molecule has 0 bridgehead atoms. The van der Waals surface area contributed by atoms with Gasteiger partial charge in [-0.05, 0) is 69.2 Å². The van der Waals surface area contributed by atoms with Gasteiger partial charge in [0, 0.05) is 22.3 Å². The van der Waals surface area contributed by atoms with Gasteiger partial charge in [0.15, 0.2) is 17.1 Å². The van der Waals surface area contributed by atoms with Crippen LogP contribution in [0.2, 0.25) is 10.0 Å². The molecular formula is C22H24Cl2N4O2S. The van der Waals surface area contributed by atoms with E-state index in [0.717, 1.165) is 5.75 Å². The molecule has 2 aromatic carbocycles. The molecule has 0 radical (unpaired) electrons. The minimum absolute atomic E-state index is 0.175. The molecule has 1 amide bonds. The summed E-state index contributed by atoms with van der Waals surface area (Å²) in [5, 5.41) is 12.9. The van der Waals surface area contributed by atoms with Crippen LogP contribution in [-0.4, -0.2) is 26.4 Å². The summed E-state index contributed by atoms with van der Waals surface area (Å²) in [7, 11) is 0. The van der Waals surface area contributed by atoms with E-state index >= 15 is 0 Å². The largest absolute Gasteiger partial charge is 0.483 e. The molecule has 164 valence electrons. The lowest BCUT2D eigenvalue weighted by Gasteiger charge is -2.16. The Morgan fingerprint density at radius 1 is 1.13 bits per heavy atom. The zero-order valence-electron chi connectivity index (χ0n) is 17.8. The fraction of sp³-hybridized carbons (Fsp3) is 0.318. The van der Waals surface area contributed by atoms with Gasteiger partial charge in [0.05, 0.1) is 5.75 Å². The number of thioether (sulfide) groups is 1. The first-order valence-corrected chi connectivity index (χ1v) is 11.6. The lowest BCUT2D eigenvalue weighted by Crippen LogP contribution is -2.15. The maximum atomic E-state index is 12.3. The summed E-state index contributed by atoms with van der Waals surface area (Å²) in [4.78, 5) is 12.3. The van der Waals surface area contributed by atoms with E-state index in [1.54, 1.807) is 18.2 Å². The Morgan fingerprint density at radius 3 is 2.48 bits per heavy atom. The Labute approximate surface area is 196 Å². The highest BCUT2D eigenvalue weighted by molar-refractivity contribution is 7.99. The van der Waals surface area contributed by atoms with Gasteiger partial charge in [-0.2, -0.15) is 0 Å². The third-order valence-electron chi connectivity index (χ3n) is 4.70. The highest BCUT2D eigenvalue weighted by atomic mass is 35.5. The molecule has 1 unspecified atom stereocenters. The first-order valence-electron chi connectivity index (χ1n) is 9.82. The molecule has 1 aromatic heterocycles. The SMILES string of the molecule is CCn1c(SCC(=O)Nc2cc(Cl)cc(Cl)c2)nnc1C(C)Oc1ccc(C)c(C)c1. The fourth-order valence-corrected chi connectivity index (χ4v) is 4.34. The van der Waals surface area contributed by atoms with E-state index in [-0.39, 0.29) is 17.8 Å². The number of halogens is 2. The van der Waals surface area contributed by atoms with Crippen LogP contribution in [0.4, 0.5) is 5.69 Å². The standard InChI is InChI=1S/C22H24Cl2N4O2S/c1-5-28-21(15(4)30-19-7-6-13(2)14(3)8-19)26-27-22(28)31-12-20(29)25-18-10-16(23)9-17(24)11-18/h6-11,15H,5,12H2,1-4H3,(H,25,29). The van der Waals surface area contributed by atoms with Crippen molar-refractivity contribution in [1.29, 1.82) is 0 Å². The number of hydrogen-bond acceptors (Lipinski definition) is 5.